The molecule has 0 radical (unpaired) electrons. The second-order valence-electron chi connectivity index (χ2n) is 3.31. The minimum Gasteiger partial charge on any atom is -0.370 e. The molecule has 2 N–H and O–H groups in total. The fourth-order valence-corrected chi connectivity index (χ4v) is 1.81. The summed E-state index contributed by atoms with van der Waals surface area (Å²) in [6, 6.07) is 2.11. The Bertz CT molecular complexity index is 422. The van der Waals surface area contributed by atoms with Crippen LogP contribution in [-0.4, -0.2) is 25.9 Å². The predicted octanol–water partition coefficient (Wildman–Crippen LogP) is 0.237. The first-order chi connectivity index (χ1) is 7.54. The third-order valence-electron chi connectivity index (χ3n) is 1.98. The van der Waals surface area contributed by atoms with Crippen molar-refractivity contribution in [2.24, 2.45) is 12.8 Å². The lowest BCUT2D eigenvalue weighted by Crippen LogP contribution is -2.13. The third kappa shape index (κ3) is 3.24. The van der Waals surface area contributed by atoms with Crippen LogP contribution < -0.4 is 5.73 Å². The number of carbonyl (C=O) groups excluding carboxylic acids is 1. The van der Waals surface area contributed by atoms with Crippen molar-refractivity contribution in [1.82, 2.24) is 14.8 Å². The lowest BCUT2D eigenvalue weighted by Gasteiger charge is -2.03. The minimum absolute atomic E-state index is 0.174. The summed E-state index contributed by atoms with van der Waals surface area (Å²) in [7, 11) is 1.81. The molecule has 0 saturated carbocycles. The number of nitrogens with zero attached hydrogens (tertiary/aromatic N) is 4. The second kappa shape index (κ2) is 5.51. The van der Waals surface area contributed by atoms with Crippen LogP contribution in [0.2, 0.25) is 0 Å². The van der Waals surface area contributed by atoms with E-state index in [1.54, 1.807) is 11.5 Å². The Labute approximate surface area is 97.8 Å². The molecular weight excluding hydrogens is 226 g/mol. The fourth-order valence-electron chi connectivity index (χ4n) is 1.08. The number of aromatic nitrogens is 3. The molecule has 0 unspecified atom stereocenters. The summed E-state index contributed by atoms with van der Waals surface area (Å²) in [5.74, 6) is 0.342. The van der Waals surface area contributed by atoms with E-state index >= 15 is 0 Å². The highest BCUT2D eigenvalue weighted by Gasteiger charge is 2.12. The molecule has 1 atom stereocenters. The minimum atomic E-state index is -0.359. The van der Waals surface area contributed by atoms with Gasteiger partial charge in [0, 0.05) is 19.9 Å². The summed E-state index contributed by atoms with van der Waals surface area (Å²) in [5.41, 5.74) is 5.05. The molecule has 86 valence electrons. The number of primary amides is 1. The van der Waals surface area contributed by atoms with Crippen LogP contribution in [-0.2, 0) is 18.3 Å². The number of nitriles is 1. The van der Waals surface area contributed by atoms with Crippen molar-refractivity contribution in [3.8, 4) is 6.07 Å². The predicted molar refractivity (Wildman–Crippen MR) is 59.5 cm³/mol. The average molecular weight is 239 g/mol. The van der Waals surface area contributed by atoms with Crippen molar-refractivity contribution >= 4 is 17.7 Å². The zero-order chi connectivity index (χ0) is 12.1. The van der Waals surface area contributed by atoms with Gasteiger partial charge in [0.2, 0.25) is 5.91 Å². The van der Waals surface area contributed by atoms with Gasteiger partial charge in [-0.25, -0.2) is 0 Å². The van der Waals surface area contributed by atoms with E-state index in [1.807, 2.05) is 7.05 Å². The second-order valence-corrected chi connectivity index (χ2v) is 4.62. The summed E-state index contributed by atoms with van der Waals surface area (Å²) in [6.45, 7) is 1.79. The topological polar surface area (TPSA) is 97.6 Å². The molecule has 0 fully saturated rings. The van der Waals surface area contributed by atoms with Gasteiger partial charge in [-0.2, -0.15) is 5.26 Å². The van der Waals surface area contributed by atoms with Crippen LogP contribution in [0.4, 0.5) is 0 Å². The third-order valence-corrected chi connectivity index (χ3v) is 3.01. The molecule has 7 heteroatoms. The van der Waals surface area contributed by atoms with Gasteiger partial charge in [-0.3, -0.25) is 4.79 Å². The van der Waals surface area contributed by atoms with E-state index in [9.17, 15) is 4.79 Å². The summed E-state index contributed by atoms with van der Waals surface area (Å²) in [6.07, 6.45) is 0.727. The Balaban J connectivity index is 2.69. The Morgan fingerprint density at radius 1 is 1.69 bits per heavy atom. The van der Waals surface area contributed by atoms with Gasteiger partial charge in [-0.05, 0) is 6.92 Å². The van der Waals surface area contributed by atoms with Gasteiger partial charge in [-0.15, -0.1) is 10.2 Å². The van der Waals surface area contributed by atoms with Crippen molar-refractivity contribution < 1.29 is 4.79 Å². The van der Waals surface area contributed by atoms with Crippen LogP contribution >= 0.6 is 11.8 Å². The molecule has 0 aromatic carbocycles. The van der Waals surface area contributed by atoms with Crippen molar-refractivity contribution in [2.45, 2.75) is 30.2 Å². The van der Waals surface area contributed by atoms with Crippen LogP contribution in [0.3, 0.4) is 0 Å². The van der Waals surface area contributed by atoms with Gasteiger partial charge in [0.15, 0.2) is 5.16 Å². The van der Waals surface area contributed by atoms with Crippen molar-refractivity contribution in [3.63, 3.8) is 0 Å². The van der Waals surface area contributed by atoms with Crippen molar-refractivity contribution in [3.05, 3.63) is 5.82 Å². The van der Waals surface area contributed by atoms with Crippen LogP contribution in [0.1, 0.15) is 19.2 Å². The Morgan fingerprint density at radius 3 is 2.94 bits per heavy atom. The molecule has 0 aliphatic heterocycles. The van der Waals surface area contributed by atoms with E-state index in [2.05, 4.69) is 16.3 Å². The molecule has 1 amide bonds. The number of amides is 1. The number of hydrogen-bond acceptors (Lipinski definition) is 5. The molecular formula is C9H13N5OS. The number of rotatable bonds is 5. The number of nitrogens with two attached hydrogens (primary N) is 1. The maximum absolute atomic E-state index is 10.6. The highest BCUT2D eigenvalue weighted by molar-refractivity contribution is 8.00. The van der Waals surface area contributed by atoms with Gasteiger partial charge in [0.05, 0.1) is 11.3 Å². The molecule has 0 saturated heterocycles. The molecule has 1 heterocycles. The smallest absolute Gasteiger partial charge is 0.217 e. The molecule has 1 rings (SSSR count). The number of thioether (sulfide) groups is 1. The van der Waals surface area contributed by atoms with Gasteiger partial charge in [0.1, 0.15) is 5.82 Å². The van der Waals surface area contributed by atoms with E-state index in [0.29, 0.717) is 17.4 Å². The number of carbonyl (C=O) groups is 1. The molecule has 6 nitrogen and oxygen atoms in total. The highest BCUT2D eigenvalue weighted by atomic mass is 32.2. The van der Waals surface area contributed by atoms with E-state index in [4.69, 9.17) is 11.0 Å². The Morgan fingerprint density at radius 2 is 2.38 bits per heavy atom. The first-order valence-electron chi connectivity index (χ1n) is 4.77. The molecule has 0 bridgehead atoms. The van der Waals surface area contributed by atoms with Crippen LogP contribution in [0, 0.1) is 11.3 Å². The molecule has 0 spiro atoms. The van der Waals surface area contributed by atoms with E-state index in [0.717, 1.165) is 0 Å². The quantitative estimate of drug-likeness (QED) is 0.742. The van der Waals surface area contributed by atoms with Crippen LogP contribution in [0.25, 0.3) is 0 Å². The van der Waals surface area contributed by atoms with E-state index < -0.39 is 0 Å². The number of aryl methyl sites for hydroxylation is 1. The van der Waals surface area contributed by atoms with E-state index in [1.165, 1.54) is 11.8 Å². The Kier molecular flexibility index (Phi) is 4.31. The first kappa shape index (κ1) is 12.5. The highest BCUT2D eigenvalue weighted by Crippen LogP contribution is 2.20. The molecule has 1 aromatic heterocycles. The van der Waals surface area contributed by atoms with E-state index in [-0.39, 0.29) is 17.6 Å². The van der Waals surface area contributed by atoms with Gasteiger partial charge in [0.25, 0.3) is 0 Å². The molecule has 0 aliphatic rings. The lowest BCUT2D eigenvalue weighted by molar-refractivity contribution is -0.118. The van der Waals surface area contributed by atoms with Crippen LogP contribution in [0.5, 0.6) is 0 Å². The molecule has 1 aromatic rings. The zero-order valence-corrected chi connectivity index (χ0v) is 9.99. The Hall–Kier alpha value is -1.55. The SMILES string of the molecule is C[C@H](C#N)Sc1nnc(CCC(N)=O)n1C. The largest absolute Gasteiger partial charge is 0.370 e. The average Bonchev–Trinajstić information content (AvgIpc) is 2.57. The normalized spacial score (nSPS) is 12.1. The lowest BCUT2D eigenvalue weighted by atomic mass is 10.3. The summed E-state index contributed by atoms with van der Waals surface area (Å²) >= 11 is 1.34. The zero-order valence-electron chi connectivity index (χ0n) is 9.17. The van der Waals surface area contributed by atoms with Crippen molar-refractivity contribution in [1.29, 1.82) is 5.26 Å². The standard InChI is InChI=1S/C9H13N5OS/c1-6(5-10)16-9-13-12-8(14(9)2)4-3-7(11)15/h6H,3-4H2,1-2H3,(H2,11,15)/t6-/m1/s1. The summed E-state index contributed by atoms with van der Waals surface area (Å²) in [5, 5.41) is 17.1. The molecule has 0 aliphatic carbocycles. The van der Waals surface area contributed by atoms with Gasteiger partial charge in [-0.1, -0.05) is 11.8 Å². The van der Waals surface area contributed by atoms with Crippen molar-refractivity contribution in [2.75, 3.05) is 0 Å². The fraction of sp³-hybridized carbons (Fsp3) is 0.556. The van der Waals surface area contributed by atoms with Crippen LogP contribution in [0.15, 0.2) is 5.16 Å². The maximum atomic E-state index is 10.6. The first-order valence-corrected chi connectivity index (χ1v) is 5.65. The van der Waals surface area contributed by atoms with Gasteiger partial charge < -0.3 is 10.3 Å². The summed E-state index contributed by atoms with van der Waals surface area (Å²) in [4.78, 5) is 10.6. The maximum Gasteiger partial charge on any atom is 0.217 e. The monoisotopic (exact) mass is 239 g/mol. The number of hydrogen-bond donors (Lipinski definition) is 1. The summed E-state index contributed by atoms with van der Waals surface area (Å²) < 4.78 is 1.78. The molecule has 16 heavy (non-hydrogen) atoms. The van der Waals surface area contributed by atoms with Gasteiger partial charge >= 0.3 is 0 Å².